The van der Waals surface area contributed by atoms with Gasteiger partial charge < -0.3 is 9.80 Å². The molecule has 31 heavy (non-hydrogen) atoms. The van der Waals surface area contributed by atoms with Crippen LogP contribution in [0.1, 0.15) is 28.3 Å². The summed E-state index contributed by atoms with van der Waals surface area (Å²) in [7, 11) is 3.74. The van der Waals surface area contributed by atoms with E-state index in [1.54, 1.807) is 10.6 Å². The van der Waals surface area contributed by atoms with Crippen LogP contribution in [0, 0.1) is 13.8 Å². The SMILES string of the molecule is Cc1cc(C)n2nc(CC(=O)N(CCN(C)C)Cc3cccc(C(F)(F)F)c3)nc2n1. The Morgan fingerprint density at radius 2 is 1.84 bits per heavy atom. The molecule has 0 fully saturated rings. The van der Waals surface area contributed by atoms with E-state index in [9.17, 15) is 18.0 Å². The van der Waals surface area contributed by atoms with Crippen LogP contribution in [-0.4, -0.2) is 62.5 Å². The second-order valence-electron chi connectivity index (χ2n) is 7.77. The number of carbonyl (C=O) groups excluding carboxylic acids is 1. The summed E-state index contributed by atoms with van der Waals surface area (Å²) in [6, 6.07) is 6.91. The van der Waals surface area contributed by atoms with E-state index in [0.29, 0.717) is 30.3 Å². The van der Waals surface area contributed by atoms with E-state index in [-0.39, 0.29) is 18.9 Å². The third-order valence-electron chi connectivity index (χ3n) is 4.77. The van der Waals surface area contributed by atoms with E-state index < -0.39 is 11.7 Å². The molecule has 7 nitrogen and oxygen atoms in total. The lowest BCUT2D eigenvalue weighted by molar-refractivity contribution is -0.137. The number of likely N-dealkylation sites (N-methyl/N-ethyl adjacent to an activating group) is 1. The maximum Gasteiger partial charge on any atom is 0.416 e. The van der Waals surface area contributed by atoms with Crippen molar-refractivity contribution in [1.29, 1.82) is 0 Å². The molecule has 0 bridgehead atoms. The Bertz CT molecular complexity index is 1080. The lowest BCUT2D eigenvalue weighted by Gasteiger charge is -2.24. The topological polar surface area (TPSA) is 66.6 Å². The third-order valence-corrected chi connectivity index (χ3v) is 4.77. The fraction of sp³-hybridized carbons (Fsp3) is 0.429. The van der Waals surface area contributed by atoms with Crippen LogP contribution in [0.25, 0.3) is 5.78 Å². The molecule has 0 saturated carbocycles. The zero-order valence-electron chi connectivity index (χ0n) is 17.9. The summed E-state index contributed by atoms with van der Waals surface area (Å²) in [6.45, 7) is 4.74. The number of aryl methyl sites for hydroxylation is 2. The summed E-state index contributed by atoms with van der Waals surface area (Å²) in [5, 5.41) is 4.36. The van der Waals surface area contributed by atoms with E-state index in [1.165, 1.54) is 11.0 Å². The quantitative estimate of drug-likeness (QED) is 0.572. The van der Waals surface area contributed by atoms with E-state index in [1.807, 2.05) is 38.9 Å². The highest BCUT2D eigenvalue weighted by atomic mass is 19.4. The van der Waals surface area contributed by atoms with Crippen LogP contribution in [0.5, 0.6) is 0 Å². The summed E-state index contributed by atoms with van der Waals surface area (Å²) < 4.78 is 40.7. The molecular weight excluding hydrogens is 409 g/mol. The minimum absolute atomic E-state index is 0.0613. The minimum Gasteiger partial charge on any atom is -0.337 e. The van der Waals surface area contributed by atoms with Gasteiger partial charge >= 0.3 is 6.18 Å². The van der Waals surface area contributed by atoms with Crippen LogP contribution in [-0.2, 0) is 23.9 Å². The van der Waals surface area contributed by atoms with Crippen LogP contribution in [0.3, 0.4) is 0 Å². The summed E-state index contributed by atoms with van der Waals surface area (Å²) >= 11 is 0. The highest BCUT2D eigenvalue weighted by Crippen LogP contribution is 2.29. The van der Waals surface area contributed by atoms with Crippen molar-refractivity contribution in [3.8, 4) is 0 Å². The first-order chi connectivity index (χ1) is 14.5. The van der Waals surface area contributed by atoms with Crippen LogP contribution < -0.4 is 0 Å². The first kappa shape index (κ1) is 22.7. The first-order valence-corrected chi connectivity index (χ1v) is 9.81. The molecule has 0 aliphatic carbocycles. The van der Waals surface area contributed by atoms with Crippen molar-refractivity contribution >= 4 is 11.7 Å². The van der Waals surface area contributed by atoms with Crippen LogP contribution >= 0.6 is 0 Å². The predicted octanol–water partition coefficient (Wildman–Crippen LogP) is 2.89. The van der Waals surface area contributed by atoms with Crippen LogP contribution in [0.15, 0.2) is 30.3 Å². The molecule has 10 heteroatoms. The van der Waals surface area contributed by atoms with Gasteiger partial charge in [0, 0.05) is 31.0 Å². The van der Waals surface area contributed by atoms with E-state index >= 15 is 0 Å². The number of alkyl halides is 3. The van der Waals surface area contributed by atoms with Crippen molar-refractivity contribution in [1.82, 2.24) is 29.4 Å². The minimum atomic E-state index is -4.43. The fourth-order valence-corrected chi connectivity index (χ4v) is 3.21. The molecule has 2 heterocycles. The number of aromatic nitrogens is 4. The summed E-state index contributed by atoms with van der Waals surface area (Å²) in [6.07, 6.45) is -4.49. The second kappa shape index (κ2) is 9.01. The van der Waals surface area contributed by atoms with Gasteiger partial charge in [-0.1, -0.05) is 12.1 Å². The average Bonchev–Trinajstić information content (AvgIpc) is 3.07. The Morgan fingerprint density at radius 3 is 2.52 bits per heavy atom. The normalized spacial score (nSPS) is 12.0. The predicted molar refractivity (Wildman–Crippen MR) is 109 cm³/mol. The number of halogens is 3. The fourth-order valence-electron chi connectivity index (χ4n) is 3.21. The lowest BCUT2D eigenvalue weighted by Crippen LogP contribution is -2.37. The molecule has 0 atom stereocenters. The molecule has 1 amide bonds. The Labute approximate surface area is 178 Å². The number of hydrogen-bond donors (Lipinski definition) is 0. The van der Waals surface area contributed by atoms with Crippen LogP contribution in [0.4, 0.5) is 13.2 Å². The molecule has 0 unspecified atom stereocenters. The van der Waals surface area contributed by atoms with Gasteiger partial charge in [0.1, 0.15) is 0 Å². The van der Waals surface area contributed by atoms with E-state index in [0.717, 1.165) is 23.5 Å². The van der Waals surface area contributed by atoms with Gasteiger partial charge in [-0.05, 0) is 51.7 Å². The molecule has 1 aromatic carbocycles. The van der Waals surface area contributed by atoms with Crippen molar-refractivity contribution in [2.24, 2.45) is 0 Å². The molecule has 3 aromatic rings. The number of carbonyl (C=O) groups is 1. The summed E-state index contributed by atoms with van der Waals surface area (Å²) in [5.41, 5.74) is 1.33. The molecule has 2 aromatic heterocycles. The van der Waals surface area contributed by atoms with Gasteiger partial charge in [0.25, 0.3) is 5.78 Å². The number of benzene rings is 1. The molecule has 0 N–H and O–H groups in total. The average molecular weight is 434 g/mol. The van der Waals surface area contributed by atoms with E-state index in [2.05, 4.69) is 15.1 Å². The first-order valence-electron chi connectivity index (χ1n) is 9.81. The van der Waals surface area contributed by atoms with Crippen LogP contribution in [0.2, 0.25) is 0 Å². The highest BCUT2D eigenvalue weighted by molar-refractivity contribution is 5.78. The second-order valence-corrected chi connectivity index (χ2v) is 7.77. The Balaban J connectivity index is 1.81. The van der Waals surface area contributed by atoms with Crippen molar-refractivity contribution in [3.63, 3.8) is 0 Å². The summed E-state index contributed by atoms with van der Waals surface area (Å²) in [4.78, 5) is 25.1. The Hall–Kier alpha value is -3.01. The van der Waals surface area contributed by atoms with Gasteiger partial charge in [-0.2, -0.15) is 18.2 Å². The standard InChI is InChI=1S/C21H25F3N6O/c1-14-10-15(2)30-20(25-14)26-18(27-30)12-19(31)29(9-8-28(3)4)13-16-6-5-7-17(11-16)21(22,23)24/h5-7,10-11H,8-9,12-13H2,1-4H3. The van der Waals surface area contributed by atoms with Crippen molar-refractivity contribution in [3.05, 3.63) is 58.7 Å². The number of nitrogens with zero attached hydrogens (tertiary/aromatic N) is 6. The number of amides is 1. The van der Waals surface area contributed by atoms with Gasteiger partial charge in [-0.25, -0.2) is 9.50 Å². The highest BCUT2D eigenvalue weighted by Gasteiger charge is 2.30. The van der Waals surface area contributed by atoms with Gasteiger partial charge in [0.2, 0.25) is 5.91 Å². The van der Waals surface area contributed by atoms with Gasteiger partial charge in [-0.3, -0.25) is 4.79 Å². The maximum atomic E-state index is 13.1. The number of rotatable bonds is 7. The van der Waals surface area contributed by atoms with Crippen molar-refractivity contribution < 1.29 is 18.0 Å². The molecule has 0 radical (unpaired) electrons. The van der Waals surface area contributed by atoms with Gasteiger partial charge in [0.05, 0.1) is 12.0 Å². The monoisotopic (exact) mass is 434 g/mol. The molecule has 0 spiro atoms. The lowest BCUT2D eigenvalue weighted by atomic mass is 10.1. The smallest absolute Gasteiger partial charge is 0.337 e. The zero-order chi connectivity index (χ0) is 22.8. The number of hydrogen-bond acceptors (Lipinski definition) is 5. The molecule has 0 aliphatic heterocycles. The maximum absolute atomic E-state index is 13.1. The van der Waals surface area contributed by atoms with Gasteiger partial charge in [-0.15, -0.1) is 5.10 Å². The van der Waals surface area contributed by atoms with E-state index in [4.69, 9.17) is 0 Å². The third kappa shape index (κ3) is 5.78. The van der Waals surface area contributed by atoms with Crippen molar-refractivity contribution in [2.75, 3.05) is 27.2 Å². The molecular formula is C21H25F3N6O. The van der Waals surface area contributed by atoms with Crippen molar-refractivity contribution in [2.45, 2.75) is 33.0 Å². The summed E-state index contributed by atoms with van der Waals surface area (Å²) in [5.74, 6) is 0.479. The zero-order valence-corrected chi connectivity index (χ0v) is 17.9. The van der Waals surface area contributed by atoms with Gasteiger partial charge in [0.15, 0.2) is 5.82 Å². The number of fused-ring (bicyclic) bond motifs is 1. The molecule has 3 rings (SSSR count). The Morgan fingerprint density at radius 1 is 1.10 bits per heavy atom. The molecule has 0 saturated heterocycles. The Kier molecular flexibility index (Phi) is 6.59. The molecule has 166 valence electrons. The molecule has 0 aliphatic rings. The largest absolute Gasteiger partial charge is 0.416 e.